The molecule has 4 fully saturated rings. The van der Waals surface area contributed by atoms with Gasteiger partial charge >= 0.3 is 0 Å². The first-order valence-corrected chi connectivity index (χ1v) is 5.96. The van der Waals surface area contributed by atoms with E-state index < -0.39 is 0 Å². The maximum absolute atomic E-state index is 2.68. The Balaban J connectivity index is 1.94. The molecule has 4 bridgehead atoms. The maximum atomic E-state index is 2.68. The minimum Gasteiger partial charge on any atom is -0.300 e. The Morgan fingerprint density at radius 2 is 1.54 bits per heavy atom. The first kappa shape index (κ1) is 8.28. The highest BCUT2D eigenvalue weighted by Gasteiger charge is 2.44. The Labute approximate surface area is 81.5 Å². The molecule has 2 aliphatic heterocycles. The van der Waals surface area contributed by atoms with Crippen LogP contribution in [-0.2, 0) is 0 Å². The van der Waals surface area contributed by atoms with Crippen molar-refractivity contribution in [3.05, 3.63) is 0 Å². The lowest BCUT2D eigenvalue weighted by molar-refractivity contribution is 0.135. The summed E-state index contributed by atoms with van der Waals surface area (Å²) in [7, 11) is 2.36. The molecule has 2 saturated heterocycles. The topological polar surface area (TPSA) is 3.24 Å². The highest BCUT2D eigenvalue weighted by Crippen LogP contribution is 2.49. The number of rotatable bonds is 0. The smallest absolute Gasteiger partial charge is 0.0100 e. The zero-order valence-electron chi connectivity index (χ0n) is 8.87. The van der Waals surface area contributed by atoms with Crippen LogP contribution in [0.2, 0.25) is 0 Å². The highest BCUT2D eigenvalue weighted by atomic mass is 15.2. The second-order valence-electron chi connectivity index (χ2n) is 5.73. The zero-order valence-corrected chi connectivity index (χ0v) is 8.87. The summed E-state index contributed by atoms with van der Waals surface area (Å²) in [6.45, 7) is 2.45. The maximum Gasteiger partial charge on any atom is 0.0100 e. The Hall–Kier alpha value is -0.0400. The fraction of sp³-hybridized carbons (Fsp3) is 1.00. The number of hydrogen-bond donors (Lipinski definition) is 0. The van der Waals surface area contributed by atoms with Crippen LogP contribution in [0, 0.1) is 17.8 Å². The van der Waals surface area contributed by atoms with Crippen LogP contribution < -0.4 is 0 Å². The van der Waals surface area contributed by atoms with Crippen LogP contribution >= 0.6 is 0 Å². The molecule has 1 heteroatoms. The van der Waals surface area contributed by atoms with Crippen LogP contribution in [0.5, 0.6) is 0 Å². The van der Waals surface area contributed by atoms with E-state index in [9.17, 15) is 0 Å². The van der Waals surface area contributed by atoms with E-state index in [0.29, 0.717) is 0 Å². The van der Waals surface area contributed by atoms with Gasteiger partial charge in [-0.3, -0.25) is 0 Å². The normalized spacial score (nSPS) is 55.4. The zero-order chi connectivity index (χ0) is 9.00. The molecule has 4 rings (SSSR count). The Bertz CT molecular complexity index is 179. The lowest BCUT2D eigenvalue weighted by Crippen LogP contribution is -2.39. The second kappa shape index (κ2) is 2.73. The van der Waals surface area contributed by atoms with E-state index >= 15 is 0 Å². The van der Waals surface area contributed by atoms with Gasteiger partial charge in [-0.25, -0.2) is 0 Å². The van der Waals surface area contributed by atoms with Gasteiger partial charge in [-0.05, 0) is 63.8 Å². The third-order valence-corrected chi connectivity index (χ3v) is 5.05. The molecule has 13 heavy (non-hydrogen) atoms. The van der Waals surface area contributed by atoms with E-state index in [1.807, 2.05) is 0 Å². The molecule has 2 heterocycles. The van der Waals surface area contributed by atoms with Crippen molar-refractivity contribution >= 4 is 0 Å². The molecular formula is C12H21N. The molecule has 3 unspecified atom stereocenters. The molecule has 2 aliphatic carbocycles. The SMILES string of the molecule is CC1C2CC3CC(C2)CC(C3)N1C. The summed E-state index contributed by atoms with van der Waals surface area (Å²) >= 11 is 0. The molecule has 0 spiro atoms. The lowest BCUT2D eigenvalue weighted by atomic mass is 9.67. The van der Waals surface area contributed by atoms with E-state index in [4.69, 9.17) is 0 Å². The van der Waals surface area contributed by atoms with Gasteiger partial charge in [0.15, 0.2) is 0 Å². The summed E-state index contributed by atoms with van der Waals surface area (Å²) in [6.07, 6.45) is 7.66. The van der Waals surface area contributed by atoms with Crippen LogP contribution in [0.3, 0.4) is 0 Å². The van der Waals surface area contributed by atoms with Gasteiger partial charge in [-0.2, -0.15) is 0 Å². The standard InChI is InChI=1S/C12H21N/c1-8-11-4-9-3-10(5-11)7-12(6-9)13(8)2/h8-12H,3-7H2,1-2H3. The molecule has 0 radical (unpaired) electrons. The fourth-order valence-electron chi connectivity index (χ4n) is 4.26. The molecule has 74 valence electrons. The average molecular weight is 179 g/mol. The van der Waals surface area contributed by atoms with Crippen molar-refractivity contribution < 1.29 is 0 Å². The van der Waals surface area contributed by atoms with Gasteiger partial charge in [-0.1, -0.05) is 0 Å². The van der Waals surface area contributed by atoms with E-state index in [-0.39, 0.29) is 0 Å². The van der Waals surface area contributed by atoms with E-state index in [0.717, 1.165) is 29.8 Å². The molecule has 3 atom stereocenters. The van der Waals surface area contributed by atoms with Gasteiger partial charge in [0.25, 0.3) is 0 Å². The number of hydrogen-bond acceptors (Lipinski definition) is 1. The van der Waals surface area contributed by atoms with Crippen LogP contribution in [0.25, 0.3) is 0 Å². The quantitative estimate of drug-likeness (QED) is 0.552. The predicted octanol–water partition coefficient (Wildman–Crippen LogP) is 2.52. The molecular weight excluding hydrogens is 158 g/mol. The summed E-state index contributed by atoms with van der Waals surface area (Å²) in [5, 5.41) is 0. The molecule has 0 aromatic rings. The van der Waals surface area contributed by atoms with Gasteiger partial charge in [0.05, 0.1) is 0 Å². The Morgan fingerprint density at radius 1 is 0.923 bits per heavy atom. The monoisotopic (exact) mass is 179 g/mol. The minimum atomic E-state index is 0.861. The third kappa shape index (κ3) is 1.16. The summed E-state index contributed by atoms with van der Waals surface area (Å²) in [4.78, 5) is 2.68. The van der Waals surface area contributed by atoms with E-state index in [1.54, 1.807) is 19.3 Å². The van der Waals surface area contributed by atoms with Crippen molar-refractivity contribution in [3.63, 3.8) is 0 Å². The van der Waals surface area contributed by atoms with Gasteiger partial charge in [-0.15, -0.1) is 0 Å². The molecule has 0 aromatic carbocycles. The van der Waals surface area contributed by atoms with Crippen molar-refractivity contribution in [2.45, 2.75) is 51.1 Å². The van der Waals surface area contributed by atoms with Crippen molar-refractivity contribution in [2.24, 2.45) is 17.8 Å². The summed E-state index contributed by atoms with van der Waals surface area (Å²) in [5.41, 5.74) is 0. The second-order valence-corrected chi connectivity index (χ2v) is 5.73. The molecule has 0 amide bonds. The van der Waals surface area contributed by atoms with Crippen molar-refractivity contribution in [1.29, 1.82) is 0 Å². The largest absolute Gasteiger partial charge is 0.300 e. The molecule has 2 saturated carbocycles. The first-order valence-electron chi connectivity index (χ1n) is 5.96. The Kier molecular flexibility index (Phi) is 1.74. The summed E-state index contributed by atoms with van der Waals surface area (Å²) < 4.78 is 0. The van der Waals surface area contributed by atoms with Crippen LogP contribution in [0.1, 0.15) is 39.0 Å². The molecule has 0 N–H and O–H groups in total. The average Bonchev–Trinajstić information content (AvgIpc) is 2.23. The van der Waals surface area contributed by atoms with Gasteiger partial charge in [0, 0.05) is 12.1 Å². The van der Waals surface area contributed by atoms with Crippen LogP contribution in [-0.4, -0.2) is 24.0 Å². The van der Waals surface area contributed by atoms with Crippen molar-refractivity contribution in [1.82, 2.24) is 4.90 Å². The van der Waals surface area contributed by atoms with Crippen molar-refractivity contribution in [3.8, 4) is 0 Å². The minimum absolute atomic E-state index is 0.861. The summed E-state index contributed by atoms with van der Waals surface area (Å²) in [5.74, 6) is 3.21. The van der Waals surface area contributed by atoms with Gasteiger partial charge in [0.2, 0.25) is 0 Å². The highest BCUT2D eigenvalue weighted by molar-refractivity contribution is 4.97. The van der Waals surface area contributed by atoms with E-state index in [1.165, 1.54) is 12.8 Å². The Morgan fingerprint density at radius 3 is 2.15 bits per heavy atom. The fourth-order valence-corrected chi connectivity index (χ4v) is 4.26. The third-order valence-electron chi connectivity index (χ3n) is 5.05. The lowest BCUT2D eigenvalue weighted by Gasteiger charge is -2.38. The molecule has 0 aromatic heterocycles. The van der Waals surface area contributed by atoms with Gasteiger partial charge in [0.1, 0.15) is 0 Å². The molecule has 1 nitrogen and oxygen atoms in total. The van der Waals surface area contributed by atoms with Gasteiger partial charge < -0.3 is 4.90 Å². The summed E-state index contributed by atoms with van der Waals surface area (Å²) in [6, 6.07) is 1.80. The number of fused-ring (bicyclic) bond motifs is 1. The molecule has 4 aliphatic rings. The number of nitrogens with zero attached hydrogens (tertiary/aromatic N) is 1. The van der Waals surface area contributed by atoms with Crippen LogP contribution in [0.15, 0.2) is 0 Å². The van der Waals surface area contributed by atoms with Crippen LogP contribution in [0.4, 0.5) is 0 Å². The van der Waals surface area contributed by atoms with E-state index in [2.05, 4.69) is 18.9 Å². The first-order chi connectivity index (χ1) is 6.24. The van der Waals surface area contributed by atoms with Crippen molar-refractivity contribution in [2.75, 3.05) is 7.05 Å². The predicted molar refractivity (Wildman–Crippen MR) is 54.6 cm³/mol.